The molecule has 4 aromatic carbocycles. The first-order valence-electron chi connectivity index (χ1n) is 34.7. The second kappa shape index (κ2) is 43.0. The van der Waals surface area contributed by atoms with Gasteiger partial charge < -0.3 is 91.9 Å². The van der Waals surface area contributed by atoms with E-state index in [-0.39, 0.29) is 70.8 Å². The Morgan fingerprint density at radius 3 is 1.21 bits per heavy atom. The van der Waals surface area contributed by atoms with Crippen molar-refractivity contribution >= 4 is 136 Å². The number of anilines is 2. The summed E-state index contributed by atoms with van der Waals surface area (Å²) in [7, 11) is 2.10. The molecular weight excluding hydrogens is 1530 g/mol. The number of aliphatic hydroxyl groups is 1. The number of carbonyl (C=O) groups excluding carboxylic acids is 12. The summed E-state index contributed by atoms with van der Waals surface area (Å²) in [5, 5.41) is 22.8. The first-order chi connectivity index (χ1) is 52.4. The molecule has 10 atom stereocenters. The van der Waals surface area contributed by atoms with Gasteiger partial charge in [0.05, 0.1) is 53.7 Å². The summed E-state index contributed by atoms with van der Waals surface area (Å²) in [6.45, 7) is 18.7. The van der Waals surface area contributed by atoms with Gasteiger partial charge in [0.1, 0.15) is 11.5 Å². The van der Waals surface area contributed by atoms with Gasteiger partial charge >= 0.3 is 59.8 Å². The van der Waals surface area contributed by atoms with Crippen molar-refractivity contribution in [2.45, 2.75) is 169 Å². The zero-order chi connectivity index (χ0) is 82.3. The molecule has 35 heteroatoms. The SMILES string of the molecule is C.CCOc1ccc(NC(=O)N(CCO)CC2=Cc3cc(C)cc(C)c3CC2=O)cc1.CCOc1ccc(NC(=O)N(CCO[C@@H]2O[C@H](C(=O)OC)[C@@H](OC(C)=O)[C@H](OC(C)=O)[C@H]2OC(C)=O)CC2=Cc3cc(C)cc(C)c3CC2=O)cc1.COC(=O)[C@H]1O[C@H](OC(=N)C(Cl)(Cl)Cl)[C@H](OC(C)=O)[C@@H](OC(C)=O)[C@@H]1OC(C)=O. The molecule has 0 spiro atoms. The number of ketones is 2. The molecule has 4 amide bonds. The number of alkyl halides is 3. The lowest BCUT2D eigenvalue weighted by Gasteiger charge is -2.43. The number of methoxy groups -OCH3 is 2. The van der Waals surface area contributed by atoms with Crippen molar-refractivity contribution in [3.63, 3.8) is 0 Å². The number of nitrogens with zero attached hydrogens (tertiary/aromatic N) is 2. The second-order valence-corrected chi connectivity index (χ2v) is 27.6. The molecule has 0 saturated carbocycles. The predicted octanol–water partition coefficient (Wildman–Crippen LogP) is 8.87. The molecule has 0 unspecified atom stereocenters. The molecule has 4 N–H and O–H groups in total. The number of urea groups is 2. The van der Waals surface area contributed by atoms with Crippen LogP contribution in [-0.2, 0) is 118 Å². The van der Waals surface area contributed by atoms with Gasteiger partial charge in [-0.05, 0) is 136 Å². The molecule has 2 heterocycles. The Labute approximate surface area is 662 Å². The number of aryl methyl sites for hydroxylation is 4. The number of amides is 4. The predicted molar refractivity (Wildman–Crippen MR) is 405 cm³/mol. The van der Waals surface area contributed by atoms with E-state index in [4.69, 9.17) is 102 Å². The highest BCUT2D eigenvalue weighted by molar-refractivity contribution is 6.76. The first-order valence-corrected chi connectivity index (χ1v) is 35.8. The van der Waals surface area contributed by atoms with Crippen LogP contribution in [0.1, 0.15) is 107 Å². The van der Waals surface area contributed by atoms with Crippen LogP contribution in [0.5, 0.6) is 11.5 Å². The number of Topliss-reactive ketones (excluding diaryl/α,β-unsaturated/α-hetero) is 2. The second-order valence-electron chi connectivity index (χ2n) is 25.3. The van der Waals surface area contributed by atoms with Crippen molar-refractivity contribution in [3.8, 4) is 11.5 Å². The third kappa shape index (κ3) is 26.7. The van der Waals surface area contributed by atoms with Crippen LogP contribution in [0.4, 0.5) is 21.0 Å². The average Bonchev–Trinajstić information content (AvgIpc) is 0.791. The van der Waals surface area contributed by atoms with E-state index in [0.717, 1.165) is 106 Å². The summed E-state index contributed by atoms with van der Waals surface area (Å²) in [5.41, 5.74) is 10.2. The fraction of sp³-hybridized carbons (Fsp3) is 0.468. The lowest BCUT2D eigenvalue weighted by atomic mass is 9.87. The lowest BCUT2D eigenvalue weighted by molar-refractivity contribution is -0.301. The van der Waals surface area contributed by atoms with E-state index in [1.807, 2.05) is 59.8 Å². The molecule has 4 aliphatic rings. The zero-order valence-corrected chi connectivity index (χ0v) is 65.8. The molecule has 610 valence electrons. The number of aliphatic hydroxyl groups excluding tert-OH is 1. The fourth-order valence-electron chi connectivity index (χ4n) is 12.0. The summed E-state index contributed by atoms with van der Waals surface area (Å²) >= 11 is 16.7. The molecule has 0 aromatic heterocycles. The van der Waals surface area contributed by atoms with Crippen LogP contribution < -0.4 is 20.1 Å². The molecular formula is C77H94Cl3N5O27. The maximum absolute atomic E-state index is 13.8. The van der Waals surface area contributed by atoms with Crippen molar-refractivity contribution in [2.24, 2.45) is 0 Å². The van der Waals surface area contributed by atoms with Crippen molar-refractivity contribution < 1.29 is 129 Å². The maximum atomic E-state index is 13.8. The molecule has 2 aliphatic carbocycles. The number of benzene rings is 4. The summed E-state index contributed by atoms with van der Waals surface area (Å²) in [6.07, 6.45) is -11.9. The van der Waals surface area contributed by atoms with E-state index in [9.17, 15) is 62.6 Å². The summed E-state index contributed by atoms with van der Waals surface area (Å²) in [6, 6.07) is 21.0. The molecule has 32 nitrogen and oxygen atoms in total. The van der Waals surface area contributed by atoms with Gasteiger partial charge in [0.25, 0.3) is 3.79 Å². The third-order valence-electron chi connectivity index (χ3n) is 16.7. The summed E-state index contributed by atoms with van der Waals surface area (Å²) < 4.78 is 71.7. The van der Waals surface area contributed by atoms with Gasteiger partial charge in [-0.3, -0.25) is 43.8 Å². The Balaban J connectivity index is 0.000000320. The largest absolute Gasteiger partial charge is 0.494 e. The number of halogens is 3. The topological polar surface area (TPSA) is 409 Å². The molecule has 2 fully saturated rings. The van der Waals surface area contributed by atoms with Crippen LogP contribution in [0.2, 0.25) is 0 Å². The van der Waals surface area contributed by atoms with E-state index in [2.05, 4.69) is 27.5 Å². The van der Waals surface area contributed by atoms with Gasteiger partial charge in [-0.1, -0.05) is 77.6 Å². The molecule has 2 saturated heterocycles. The van der Waals surface area contributed by atoms with E-state index in [0.29, 0.717) is 47.9 Å². The highest BCUT2D eigenvalue weighted by Gasteiger charge is 2.58. The average molecular weight is 1630 g/mol. The zero-order valence-electron chi connectivity index (χ0n) is 63.5. The van der Waals surface area contributed by atoms with Gasteiger partial charge in [-0.2, -0.15) is 0 Å². The highest BCUT2D eigenvalue weighted by Crippen LogP contribution is 2.36. The van der Waals surface area contributed by atoms with E-state index in [1.165, 1.54) is 9.80 Å². The Morgan fingerprint density at radius 2 is 0.866 bits per heavy atom. The van der Waals surface area contributed by atoms with E-state index < -0.39 is 125 Å². The van der Waals surface area contributed by atoms with Gasteiger partial charge in [0.15, 0.2) is 60.6 Å². The quantitative estimate of drug-likeness (QED) is 0.0158. The normalized spacial score (nSPS) is 20.0. The van der Waals surface area contributed by atoms with Crippen molar-refractivity contribution in [1.82, 2.24) is 9.80 Å². The van der Waals surface area contributed by atoms with Crippen molar-refractivity contribution in [1.29, 1.82) is 5.41 Å². The number of hydrogen-bond donors (Lipinski definition) is 4. The van der Waals surface area contributed by atoms with Crippen LogP contribution in [0.15, 0.2) is 83.9 Å². The van der Waals surface area contributed by atoms with Crippen LogP contribution >= 0.6 is 34.8 Å². The van der Waals surface area contributed by atoms with E-state index >= 15 is 0 Å². The fourth-order valence-corrected chi connectivity index (χ4v) is 12.2. The number of rotatable bonds is 25. The monoisotopic (exact) mass is 1630 g/mol. The summed E-state index contributed by atoms with van der Waals surface area (Å²) in [4.78, 5) is 151. The number of nitrogens with one attached hydrogen (secondary N) is 3. The Morgan fingerprint density at radius 1 is 0.518 bits per heavy atom. The maximum Gasteiger partial charge on any atom is 0.339 e. The van der Waals surface area contributed by atoms with Gasteiger partial charge in [0.2, 0.25) is 18.3 Å². The molecule has 112 heavy (non-hydrogen) atoms. The number of carbonyl (C=O) groups is 12. The molecule has 8 rings (SSSR count). The minimum Gasteiger partial charge on any atom is -0.494 e. The van der Waals surface area contributed by atoms with Gasteiger partial charge in [-0.15, -0.1) is 0 Å². The summed E-state index contributed by atoms with van der Waals surface area (Å²) in [5.74, 6) is -6.85. The number of ether oxygens (including phenoxy) is 14. The van der Waals surface area contributed by atoms with Crippen molar-refractivity contribution in [3.05, 3.63) is 128 Å². The van der Waals surface area contributed by atoms with Crippen LogP contribution in [0.25, 0.3) is 12.2 Å². The Bertz CT molecular complexity index is 4150. The number of esters is 8. The highest BCUT2D eigenvalue weighted by atomic mass is 35.6. The number of fused-ring (bicyclic) bond motifs is 2. The number of hydrogen-bond acceptors (Lipinski definition) is 28. The molecule has 0 bridgehead atoms. The van der Waals surface area contributed by atoms with E-state index in [1.54, 1.807) is 54.6 Å². The smallest absolute Gasteiger partial charge is 0.339 e. The van der Waals surface area contributed by atoms with Crippen molar-refractivity contribution in [2.75, 3.05) is 77.5 Å². The molecule has 0 radical (unpaired) electrons. The first kappa shape index (κ1) is 92.4. The van der Waals surface area contributed by atoms with Gasteiger partial charge in [0, 0.05) is 90.0 Å². The Kier molecular flexibility index (Phi) is 35.5. The standard InChI is InChI=1S/C37H44N2O13.C24H28N2O4.C15H18Cl3NO10.CH4/c1-8-47-28-11-9-27(10-12-28)38-37(45)39(19-26-17-25-16-20(2)15-21(3)29(25)18-30(26)43)13-14-48-36-34(51-24(6)42)32(50-23(5)41)31(49-22(4)40)33(52-36)35(44)46-7;1-4-30-21-7-5-20(6-8-21)25-24(29)26(9-10-27)15-19-13-18-12-16(2)11-17(3)22(18)14-23(19)28;1-5(20)25-8-9(26-6(2)21)11(27-7(3)22)13(28-10(8)12(23)24-4)29-14(19)15(16,17)18;/h9-12,15-17,31-34,36H,8,13-14,18-19H2,1-7H3,(H,38,45);5-8,11-13,27H,4,9-10,14-15H2,1-3H3,(H,25,29);8-11,13,19H,1-4H3;1H4/t31-,32-,33-,34+,36+;;8-,9-,10-,11+,13+;/m0.0./s1. The lowest BCUT2D eigenvalue weighted by Crippen LogP contribution is -2.64. The minimum atomic E-state index is -2.32. The van der Waals surface area contributed by atoms with Crippen LogP contribution in [-0.4, -0.2) is 224 Å². The molecule has 2 aliphatic heterocycles. The molecule has 4 aromatic rings. The Hall–Kier alpha value is -10.2. The van der Waals surface area contributed by atoms with Crippen LogP contribution in [0.3, 0.4) is 0 Å². The minimum absolute atomic E-state index is 0. The van der Waals surface area contributed by atoms with Gasteiger partial charge in [-0.25, -0.2) is 19.2 Å². The third-order valence-corrected chi connectivity index (χ3v) is 17.2. The van der Waals surface area contributed by atoms with Crippen LogP contribution in [0, 0.1) is 33.1 Å².